The number of piperidine rings is 1. The summed E-state index contributed by atoms with van der Waals surface area (Å²) in [5, 5.41) is 11.1. The Balaban J connectivity index is 2.31. The third-order valence-corrected chi connectivity index (χ3v) is 2.28. The number of oxime groups is 1. The van der Waals surface area contributed by atoms with E-state index in [9.17, 15) is 8.78 Å². The lowest BCUT2D eigenvalue weighted by Gasteiger charge is -2.32. The largest absolute Gasteiger partial charge is 0.409 e. The van der Waals surface area contributed by atoms with Crippen LogP contribution in [0.5, 0.6) is 0 Å². The first-order valence-electron chi connectivity index (χ1n) is 4.60. The van der Waals surface area contributed by atoms with Gasteiger partial charge in [0, 0.05) is 19.4 Å². The molecule has 1 fully saturated rings. The van der Waals surface area contributed by atoms with Gasteiger partial charge in [0.25, 0.3) is 5.92 Å². The molecule has 1 aliphatic heterocycles. The van der Waals surface area contributed by atoms with E-state index in [-0.39, 0.29) is 18.8 Å². The van der Waals surface area contributed by atoms with Gasteiger partial charge in [-0.25, -0.2) is 8.78 Å². The van der Waals surface area contributed by atoms with Crippen LogP contribution in [0.2, 0.25) is 0 Å². The normalized spacial score (nSPS) is 23.7. The molecule has 0 saturated carbocycles. The van der Waals surface area contributed by atoms with Crippen molar-refractivity contribution in [2.45, 2.75) is 25.2 Å². The zero-order valence-corrected chi connectivity index (χ0v) is 7.92. The minimum Gasteiger partial charge on any atom is -0.409 e. The molecule has 0 atom stereocenters. The quantitative estimate of drug-likeness (QED) is 0.312. The molecule has 1 heterocycles. The van der Waals surface area contributed by atoms with E-state index in [1.807, 2.05) is 0 Å². The van der Waals surface area contributed by atoms with E-state index < -0.39 is 5.92 Å². The number of hydrogen-bond acceptors (Lipinski definition) is 3. The SMILES string of the molecule is N/C(CCN1CCCC(F)(F)C1)=N\O. The molecule has 1 aliphatic rings. The molecule has 0 aliphatic carbocycles. The van der Waals surface area contributed by atoms with Crippen LogP contribution < -0.4 is 5.73 Å². The molecule has 0 bridgehead atoms. The van der Waals surface area contributed by atoms with Crippen molar-refractivity contribution >= 4 is 5.84 Å². The molecule has 14 heavy (non-hydrogen) atoms. The van der Waals surface area contributed by atoms with E-state index in [2.05, 4.69) is 5.16 Å². The van der Waals surface area contributed by atoms with Gasteiger partial charge < -0.3 is 10.9 Å². The molecule has 1 rings (SSSR count). The van der Waals surface area contributed by atoms with Gasteiger partial charge in [-0.2, -0.15) is 0 Å². The van der Waals surface area contributed by atoms with Gasteiger partial charge in [-0.3, -0.25) is 4.90 Å². The fourth-order valence-corrected chi connectivity index (χ4v) is 1.56. The Labute approximate surface area is 81.4 Å². The van der Waals surface area contributed by atoms with E-state index in [0.717, 1.165) is 0 Å². The molecule has 4 nitrogen and oxygen atoms in total. The molecule has 1 saturated heterocycles. The van der Waals surface area contributed by atoms with Crippen molar-refractivity contribution in [3.63, 3.8) is 0 Å². The molecule has 0 spiro atoms. The zero-order chi connectivity index (χ0) is 10.6. The van der Waals surface area contributed by atoms with Gasteiger partial charge >= 0.3 is 0 Å². The van der Waals surface area contributed by atoms with Crippen LogP contribution in [0.1, 0.15) is 19.3 Å². The summed E-state index contributed by atoms with van der Waals surface area (Å²) in [5.74, 6) is -2.50. The van der Waals surface area contributed by atoms with E-state index in [0.29, 0.717) is 25.9 Å². The van der Waals surface area contributed by atoms with E-state index in [1.54, 1.807) is 4.90 Å². The maximum atomic E-state index is 12.9. The number of nitrogens with two attached hydrogens (primary N) is 1. The number of nitrogens with zero attached hydrogens (tertiary/aromatic N) is 2. The summed E-state index contributed by atoms with van der Waals surface area (Å²) in [7, 11) is 0. The number of rotatable bonds is 3. The fraction of sp³-hybridized carbons (Fsp3) is 0.875. The van der Waals surface area contributed by atoms with Crippen LogP contribution in [0.25, 0.3) is 0 Å². The summed E-state index contributed by atoms with van der Waals surface area (Å²) >= 11 is 0. The summed E-state index contributed by atoms with van der Waals surface area (Å²) in [6, 6.07) is 0. The molecule has 3 N–H and O–H groups in total. The maximum absolute atomic E-state index is 12.9. The Kier molecular flexibility index (Phi) is 3.62. The molecule has 0 aromatic carbocycles. The Morgan fingerprint density at radius 1 is 1.57 bits per heavy atom. The summed E-state index contributed by atoms with van der Waals surface area (Å²) in [5.41, 5.74) is 5.24. The Morgan fingerprint density at radius 3 is 2.86 bits per heavy atom. The lowest BCUT2D eigenvalue weighted by molar-refractivity contribution is -0.0631. The molecular formula is C8H15F2N3O. The highest BCUT2D eigenvalue weighted by Crippen LogP contribution is 2.26. The van der Waals surface area contributed by atoms with Gasteiger partial charge in [0.2, 0.25) is 0 Å². The summed E-state index contributed by atoms with van der Waals surface area (Å²) in [6.07, 6.45) is 0.794. The molecule has 0 aromatic heterocycles. The third kappa shape index (κ3) is 3.45. The first-order valence-corrected chi connectivity index (χ1v) is 4.60. The predicted molar refractivity (Wildman–Crippen MR) is 48.6 cm³/mol. The lowest BCUT2D eigenvalue weighted by atomic mass is 10.1. The minimum absolute atomic E-state index is 0.0347. The van der Waals surface area contributed by atoms with Gasteiger partial charge in [0.05, 0.1) is 6.54 Å². The Morgan fingerprint density at radius 2 is 2.29 bits per heavy atom. The van der Waals surface area contributed by atoms with Crippen molar-refractivity contribution in [3.05, 3.63) is 0 Å². The highest BCUT2D eigenvalue weighted by Gasteiger charge is 2.34. The number of alkyl halides is 2. The van der Waals surface area contributed by atoms with Crippen molar-refractivity contribution < 1.29 is 14.0 Å². The van der Waals surface area contributed by atoms with Gasteiger partial charge in [-0.15, -0.1) is 0 Å². The standard InChI is InChI=1S/C8H15F2N3O/c9-8(10)3-1-4-13(6-8)5-2-7(11)12-14/h14H,1-6H2,(H2,11,12). The molecule has 0 amide bonds. The van der Waals surface area contributed by atoms with Gasteiger partial charge in [0.15, 0.2) is 0 Å². The summed E-state index contributed by atoms with van der Waals surface area (Å²) < 4.78 is 25.8. The van der Waals surface area contributed by atoms with E-state index in [1.165, 1.54) is 0 Å². The fourth-order valence-electron chi connectivity index (χ4n) is 1.56. The maximum Gasteiger partial charge on any atom is 0.260 e. The second-order valence-electron chi connectivity index (χ2n) is 3.58. The van der Waals surface area contributed by atoms with Crippen LogP contribution >= 0.6 is 0 Å². The highest BCUT2D eigenvalue weighted by atomic mass is 19.3. The molecule has 82 valence electrons. The zero-order valence-electron chi connectivity index (χ0n) is 7.92. The number of amidine groups is 1. The average Bonchev–Trinajstić information content (AvgIpc) is 2.12. The first-order chi connectivity index (χ1) is 6.53. The molecule has 0 aromatic rings. The van der Waals surface area contributed by atoms with Crippen molar-refractivity contribution in [3.8, 4) is 0 Å². The van der Waals surface area contributed by atoms with Gasteiger partial charge in [-0.05, 0) is 13.0 Å². The minimum atomic E-state index is -2.58. The number of likely N-dealkylation sites (tertiary alicyclic amines) is 1. The lowest BCUT2D eigenvalue weighted by Crippen LogP contribution is -2.43. The smallest absolute Gasteiger partial charge is 0.260 e. The highest BCUT2D eigenvalue weighted by molar-refractivity contribution is 5.79. The Hall–Kier alpha value is -0.910. The number of hydrogen-bond donors (Lipinski definition) is 2. The van der Waals surface area contributed by atoms with Crippen LogP contribution in [-0.2, 0) is 0 Å². The van der Waals surface area contributed by atoms with Gasteiger partial charge in [0.1, 0.15) is 5.84 Å². The topological polar surface area (TPSA) is 61.8 Å². The summed E-state index contributed by atoms with van der Waals surface area (Å²) in [4.78, 5) is 1.64. The monoisotopic (exact) mass is 207 g/mol. The predicted octanol–water partition coefficient (Wildman–Crippen LogP) is 0.854. The second kappa shape index (κ2) is 4.54. The van der Waals surface area contributed by atoms with E-state index >= 15 is 0 Å². The third-order valence-electron chi connectivity index (χ3n) is 2.28. The first kappa shape index (κ1) is 11.2. The molecule has 0 unspecified atom stereocenters. The van der Waals surface area contributed by atoms with Crippen molar-refractivity contribution in [1.82, 2.24) is 4.90 Å². The Bertz CT molecular complexity index is 221. The van der Waals surface area contributed by atoms with Crippen LogP contribution in [-0.4, -0.2) is 41.5 Å². The van der Waals surface area contributed by atoms with Crippen LogP contribution in [0, 0.1) is 0 Å². The second-order valence-corrected chi connectivity index (χ2v) is 3.58. The summed E-state index contributed by atoms with van der Waals surface area (Å²) in [6.45, 7) is 0.867. The van der Waals surface area contributed by atoms with E-state index in [4.69, 9.17) is 10.9 Å². The molecular weight excluding hydrogens is 192 g/mol. The van der Waals surface area contributed by atoms with Gasteiger partial charge in [-0.1, -0.05) is 5.16 Å². The molecule has 0 radical (unpaired) electrons. The number of halogens is 2. The van der Waals surface area contributed by atoms with Crippen LogP contribution in [0.3, 0.4) is 0 Å². The van der Waals surface area contributed by atoms with Crippen molar-refractivity contribution in [1.29, 1.82) is 0 Å². The average molecular weight is 207 g/mol. The van der Waals surface area contributed by atoms with Crippen molar-refractivity contribution in [2.24, 2.45) is 10.9 Å². The van der Waals surface area contributed by atoms with Crippen molar-refractivity contribution in [2.75, 3.05) is 19.6 Å². The van der Waals surface area contributed by atoms with Crippen LogP contribution in [0.4, 0.5) is 8.78 Å². The van der Waals surface area contributed by atoms with Crippen LogP contribution in [0.15, 0.2) is 5.16 Å². The molecule has 6 heteroatoms.